The van der Waals surface area contributed by atoms with Gasteiger partial charge in [-0.15, -0.1) is 0 Å². The predicted octanol–water partition coefficient (Wildman–Crippen LogP) is 2.02. The van der Waals surface area contributed by atoms with Crippen molar-refractivity contribution in [1.29, 1.82) is 0 Å². The second-order valence-electron chi connectivity index (χ2n) is 6.35. The minimum atomic E-state index is 0.225. The second kappa shape index (κ2) is 8.06. The summed E-state index contributed by atoms with van der Waals surface area (Å²) in [5, 5.41) is 0. The predicted molar refractivity (Wildman–Crippen MR) is 77.3 cm³/mol. The third kappa shape index (κ3) is 8.58. The Morgan fingerprint density at radius 2 is 1.65 bits per heavy atom. The molecule has 0 spiro atoms. The molecule has 1 unspecified atom stereocenters. The fourth-order valence-corrected chi connectivity index (χ4v) is 1.79. The molecule has 3 heteroatoms. The Kier molecular flexibility index (Phi) is 8.01. The van der Waals surface area contributed by atoms with Gasteiger partial charge in [-0.25, -0.2) is 0 Å². The van der Waals surface area contributed by atoms with Crippen LogP contribution in [0.3, 0.4) is 0 Å². The summed E-state index contributed by atoms with van der Waals surface area (Å²) in [6.07, 6.45) is 2.34. The average Bonchev–Trinajstić information content (AvgIpc) is 2.20. The highest BCUT2D eigenvalue weighted by atomic mass is 15.1. The minimum Gasteiger partial charge on any atom is -0.327 e. The summed E-state index contributed by atoms with van der Waals surface area (Å²) in [7, 11) is 4.26. The Labute approximate surface area is 108 Å². The van der Waals surface area contributed by atoms with Gasteiger partial charge < -0.3 is 15.5 Å². The van der Waals surface area contributed by atoms with E-state index in [1.54, 1.807) is 0 Å². The van der Waals surface area contributed by atoms with Gasteiger partial charge in [0.05, 0.1) is 0 Å². The number of hydrogen-bond acceptors (Lipinski definition) is 3. The maximum atomic E-state index is 6.20. The molecule has 17 heavy (non-hydrogen) atoms. The van der Waals surface area contributed by atoms with E-state index in [0.717, 1.165) is 19.5 Å². The Morgan fingerprint density at radius 1 is 1.06 bits per heavy atom. The van der Waals surface area contributed by atoms with Crippen molar-refractivity contribution in [2.75, 3.05) is 40.3 Å². The molecule has 0 saturated carbocycles. The molecule has 0 amide bonds. The molecular weight excluding hydrogens is 210 g/mol. The first-order valence-electron chi connectivity index (χ1n) is 6.90. The van der Waals surface area contributed by atoms with Gasteiger partial charge in [0.25, 0.3) is 0 Å². The Hall–Kier alpha value is -0.120. The molecular formula is C14H33N3. The van der Waals surface area contributed by atoms with Gasteiger partial charge in [-0.2, -0.15) is 0 Å². The highest BCUT2D eigenvalue weighted by Crippen LogP contribution is 2.19. The second-order valence-corrected chi connectivity index (χ2v) is 6.35. The molecule has 0 bridgehead atoms. The average molecular weight is 243 g/mol. The topological polar surface area (TPSA) is 32.5 Å². The zero-order chi connectivity index (χ0) is 13.5. The van der Waals surface area contributed by atoms with Crippen molar-refractivity contribution in [1.82, 2.24) is 9.80 Å². The number of nitrogens with two attached hydrogens (primary N) is 1. The number of nitrogens with zero attached hydrogens (tertiary/aromatic N) is 2. The SMILES string of the molecule is CCN(CCCN(C)C)CCC(N)C(C)(C)C. The Balaban J connectivity index is 3.82. The number of hydrogen-bond donors (Lipinski definition) is 1. The third-order valence-corrected chi connectivity index (χ3v) is 3.40. The fraction of sp³-hybridized carbons (Fsp3) is 1.00. The van der Waals surface area contributed by atoms with Crippen LogP contribution in [-0.2, 0) is 0 Å². The molecule has 104 valence electrons. The van der Waals surface area contributed by atoms with Crippen molar-refractivity contribution < 1.29 is 0 Å². The van der Waals surface area contributed by atoms with E-state index in [1.807, 2.05) is 0 Å². The lowest BCUT2D eigenvalue weighted by atomic mass is 9.85. The van der Waals surface area contributed by atoms with Crippen LogP contribution in [0.25, 0.3) is 0 Å². The van der Waals surface area contributed by atoms with Gasteiger partial charge in [-0.1, -0.05) is 27.7 Å². The Bertz CT molecular complexity index is 184. The lowest BCUT2D eigenvalue weighted by Crippen LogP contribution is -2.39. The summed E-state index contributed by atoms with van der Waals surface area (Å²) >= 11 is 0. The Morgan fingerprint density at radius 3 is 2.06 bits per heavy atom. The smallest absolute Gasteiger partial charge is 0.00998 e. The van der Waals surface area contributed by atoms with E-state index in [-0.39, 0.29) is 5.41 Å². The summed E-state index contributed by atoms with van der Waals surface area (Å²) < 4.78 is 0. The van der Waals surface area contributed by atoms with Crippen molar-refractivity contribution in [3.8, 4) is 0 Å². The van der Waals surface area contributed by atoms with Gasteiger partial charge in [-0.05, 0) is 58.5 Å². The van der Waals surface area contributed by atoms with Crippen LogP contribution in [0.4, 0.5) is 0 Å². The van der Waals surface area contributed by atoms with Gasteiger partial charge in [-0.3, -0.25) is 0 Å². The maximum absolute atomic E-state index is 6.20. The quantitative estimate of drug-likeness (QED) is 0.708. The summed E-state index contributed by atoms with van der Waals surface area (Å²) in [6.45, 7) is 13.5. The van der Waals surface area contributed by atoms with E-state index in [1.165, 1.54) is 19.5 Å². The number of rotatable bonds is 8. The van der Waals surface area contributed by atoms with Crippen molar-refractivity contribution in [3.05, 3.63) is 0 Å². The van der Waals surface area contributed by atoms with E-state index in [0.29, 0.717) is 6.04 Å². The van der Waals surface area contributed by atoms with Gasteiger partial charge >= 0.3 is 0 Å². The van der Waals surface area contributed by atoms with Gasteiger partial charge in [0.1, 0.15) is 0 Å². The largest absolute Gasteiger partial charge is 0.327 e. The normalized spacial score (nSPS) is 14.6. The van der Waals surface area contributed by atoms with Crippen molar-refractivity contribution >= 4 is 0 Å². The van der Waals surface area contributed by atoms with E-state index >= 15 is 0 Å². The first-order valence-corrected chi connectivity index (χ1v) is 6.90. The molecule has 0 saturated heterocycles. The van der Waals surface area contributed by atoms with Gasteiger partial charge in [0.2, 0.25) is 0 Å². The molecule has 0 aliphatic carbocycles. The molecule has 0 aliphatic heterocycles. The van der Waals surface area contributed by atoms with E-state index in [9.17, 15) is 0 Å². The van der Waals surface area contributed by atoms with Crippen LogP contribution in [0.2, 0.25) is 0 Å². The molecule has 0 aromatic carbocycles. The summed E-state index contributed by atoms with van der Waals surface area (Å²) in [5.74, 6) is 0. The van der Waals surface area contributed by atoms with Crippen LogP contribution >= 0.6 is 0 Å². The molecule has 0 rings (SSSR count). The van der Waals surface area contributed by atoms with E-state index in [4.69, 9.17) is 5.73 Å². The van der Waals surface area contributed by atoms with Gasteiger partial charge in [0, 0.05) is 6.04 Å². The first-order chi connectivity index (χ1) is 7.77. The van der Waals surface area contributed by atoms with E-state index < -0.39 is 0 Å². The minimum absolute atomic E-state index is 0.225. The highest BCUT2D eigenvalue weighted by molar-refractivity contribution is 4.78. The molecule has 1 atom stereocenters. The van der Waals surface area contributed by atoms with Crippen LogP contribution in [0.1, 0.15) is 40.5 Å². The van der Waals surface area contributed by atoms with Crippen LogP contribution in [0.5, 0.6) is 0 Å². The van der Waals surface area contributed by atoms with Gasteiger partial charge in [0.15, 0.2) is 0 Å². The zero-order valence-corrected chi connectivity index (χ0v) is 12.8. The summed E-state index contributed by atoms with van der Waals surface area (Å²) in [4.78, 5) is 4.75. The molecule has 0 aliphatic rings. The molecule has 0 aromatic heterocycles. The zero-order valence-electron chi connectivity index (χ0n) is 12.8. The van der Waals surface area contributed by atoms with Crippen LogP contribution in [0, 0.1) is 5.41 Å². The monoisotopic (exact) mass is 243 g/mol. The van der Waals surface area contributed by atoms with Crippen molar-refractivity contribution in [2.45, 2.75) is 46.6 Å². The summed E-state index contributed by atoms with van der Waals surface area (Å²) in [5.41, 5.74) is 6.42. The first kappa shape index (κ1) is 16.9. The molecule has 0 heterocycles. The van der Waals surface area contributed by atoms with Crippen LogP contribution < -0.4 is 5.73 Å². The van der Waals surface area contributed by atoms with Crippen molar-refractivity contribution in [2.24, 2.45) is 11.1 Å². The molecule has 0 aromatic rings. The molecule has 2 N–H and O–H groups in total. The lowest BCUT2D eigenvalue weighted by molar-refractivity contribution is 0.226. The summed E-state index contributed by atoms with van der Waals surface area (Å²) in [6, 6.07) is 0.297. The van der Waals surface area contributed by atoms with Crippen molar-refractivity contribution in [3.63, 3.8) is 0 Å². The molecule has 0 fully saturated rings. The fourth-order valence-electron chi connectivity index (χ4n) is 1.79. The molecule has 3 nitrogen and oxygen atoms in total. The highest BCUT2D eigenvalue weighted by Gasteiger charge is 2.20. The van der Waals surface area contributed by atoms with E-state index in [2.05, 4.69) is 51.6 Å². The third-order valence-electron chi connectivity index (χ3n) is 3.40. The van der Waals surface area contributed by atoms with Crippen LogP contribution in [0.15, 0.2) is 0 Å². The maximum Gasteiger partial charge on any atom is 0.00998 e. The molecule has 0 radical (unpaired) electrons. The van der Waals surface area contributed by atoms with Crippen LogP contribution in [-0.4, -0.2) is 56.1 Å². The standard InChI is InChI=1S/C14H33N3/c1-7-17(11-8-10-16(5)6)12-9-13(15)14(2,3)4/h13H,7-12,15H2,1-6H3. The lowest BCUT2D eigenvalue weighted by Gasteiger charge is -2.30.